The number of hydrogen-bond donors (Lipinski definition) is 2. The molecule has 3 heterocycles. The van der Waals surface area contributed by atoms with Crippen molar-refractivity contribution >= 4 is 17.2 Å². The summed E-state index contributed by atoms with van der Waals surface area (Å²) in [7, 11) is 1.56. The Balaban J connectivity index is 2.06. The van der Waals surface area contributed by atoms with Crippen LogP contribution in [0.3, 0.4) is 0 Å². The van der Waals surface area contributed by atoms with Crippen LogP contribution in [0.1, 0.15) is 29.5 Å². The largest absolute Gasteiger partial charge is 0.370 e. The highest BCUT2D eigenvalue weighted by Crippen LogP contribution is 2.25. The Kier molecular flexibility index (Phi) is 3.50. The van der Waals surface area contributed by atoms with Gasteiger partial charge in [-0.15, -0.1) is 5.10 Å². The average molecular weight is 288 g/mol. The standard InChI is InChI=1S/C14H20N6O/c1-9-3-4-19(7-9)11-5-10(6-15)13-17-12(14(21)16-2)18-20(13)8-11/h5,8-9H,3-4,6-7,15H2,1-2H3,(H,16,21). The van der Waals surface area contributed by atoms with E-state index in [-0.39, 0.29) is 11.7 Å². The van der Waals surface area contributed by atoms with Crippen molar-refractivity contribution in [3.8, 4) is 0 Å². The van der Waals surface area contributed by atoms with Crippen LogP contribution in [0.5, 0.6) is 0 Å². The molecule has 1 aliphatic rings. The lowest BCUT2D eigenvalue weighted by Gasteiger charge is -2.19. The molecule has 2 aromatic heterocycles. The fourth-order valence-electron chi connectivity index (χ4n) is 2.74. The van der Waals surface area contributed by atoms with Crippen LogP contribution >= 0.6 is 0 Å². The molecule has 2 aromatic rings. The Morgan fingerprint density at radius 1 is 1.57 bits per heavy atom. The minimum absolute atomic E-state index is 0.166. The molecular weight excluding hydrogens is 268 g/mol. The van der Waals surface area contributed by atoms with Gasteiger partial charge in [-0.25, -0.2) is 9.50 Å². The fourth-order valence-corrected chi connectivity index (χ4v) is 2.74. The molecule has 1 amide bonds. The van der Waals surface area contributed by atoms with E-state index in [9.17, 15) is 4.79 Å². The van der Waals surface area contributed by atoms with Gasteiger partial charge in [0.25, 0.3) is 5.91 Å². The summed E-state index contributed by atoms with van der Waals surface area (Å²) in [5.74, 6) is 0.566. The molecule has 1 saturated heterocycles. The highest BCUT2D eigenvalue weighted by atomic mass is 16.2. The average Bonchev–Trinajstić information content (AvgIpc) is 3.11. The third kappa shape index (κ3) is 2.44. The van der Waals surface area contributed by atoms with Gasteiger partial charge < -0.3 is 16.0 Å². The van der Waals surface area contributed by atoms with Gasteiger partial charge in [-0.3, -0.25) is 4.79 Å². The first kappa shape index (κ1) is 13.8. The first-order valence-electron chi connectivity index (χ1n) is 7.18. The molecule has 0 aromatic carbocycles. The van der Waals surface area contributed by atoms with E-state index in [1.165, 1.54) is 6.42 Å². The van der Waals surface area contributed by atoms with Gasteiger partial charge in [0, 0.05) is 32.2 Å². The maximum absolute atomic E-state index is 11.7. The maximum Gasteiger partial charge on any atom is 0.290 e. The minimum Gasteiger partial charge on any atom is -0.370 e. The summed E-state index contributed by atoms with van der Waals surface area (Å²) in [6, 6.07) is 2.05. The van der Waals surface area contributed by atoms with E-state index in [1.807, 2.05) is 6.20 Å². The van der Waals surface area contributed by atoms with E-state index in [4.69, 9.17) is 5.73 Å². The predicted octanol–water partition coefficient (Wildman–Crippen LogP) is 0.394. The van der Waals surface area contributed by atoms with Crippen LogP contribution < -0.4 is 16.0 Å². The number of rotatable bonds is 3. The van der Waals surface area contributed by atoms with Crippen LogP contribution in [0.2, 0.25) is 0 Å². The van der Waals surface area contributed by atoms with Crippen molar-refractivity contribution in [2.45, 2.75) is 19.9 Å². The lowest BCUT2D eigenvalue weighted by atomic mass is 10.2. The first-order chi connectivity index (χ1) is 10.1. The SMILES string of the molecule is CNC(=O)c1nc2c(CN)cc(N3CCC(C)C3)cn2n1. The Bertz CT molecular complexity index is 679. The number of fused-ring (bicyclic) bond motifs is 1. The number of amides is 1. The zero-order chi connectivity index (χ0) is 15.0. The van der Waals surface area contributed by atoms with E-state index in [1.54, 1.807) is 11.6 Å². The van der Waals surface area contributed by atoms with Gasteiger partial charge in [0.2, 0.25) is 5.82 Å². The molecule has 0 bridgehead atoms. The quantitative estimate of drug-likeness (QED) is 0.853. The summed E-state index contributed by atoms with van der Waals surface area (Å²) in [5, 5.41) is 6.79. The van der Waals surface area contributed by atoms with Crippen molar-refractivity contribution in [3.63, 3.8) is 0 Å². The molecule has 1 unspecified atom stereocenters. The van der Waals surface area contributed by atoms with E-state index in [2.05, 4.69) is 33.3 Å². The lowest BCUT2D eigenvalue weighted by Crippen LogP contribution is -2.20. The van der Waals surface area contributed by atoms with Crippen molar-refractivity contribution < 1.29 is 4.79 Å². The highest BCUT2D eigenvalue weighted by Gasteiger charge is 2.21. The highest BCUT2D eigenvalue weighted by molar-refractivity contribution is 5.90. The van der Waals surface area contributed by atoms with Crippen LogP contribution in [-0.2, 0) is 6.54 Å². The number of hydrogen-bond acceptors (Lipinski definition) is 5. The molecule has 1 fully saturated rings. The minimum atomic E-state index is -0.294. The van der Waals surface area contributed by atoms with Gasteiger partial charge in [-0.1, -0.05) is 6.92 Å². The van der Waals surface area contributed by atoms with Gasteiger partial charge in [-0.2, -0.15) is 0 Å². The molecule has 3 rings (SSSR count). The Morgan fingerprint density at radius 2 is 2.38 bits per heavy atom. The number of anilines is 1. The molecule has 7 nitrogen and oxygen atoms in total. The van der Waals surface area contributed by atoms with Crippen molar-refractivity contribution in [1.82, 2.24) is 19.9 Å². The second kappa shape index (κ2) is 5.33. The monoisotopic (exact) mass is 288 g/mol. The number of carbonyl (C=O) groups is 1. The summed E-state index contributed by atoms with van der Waals surface area (Å²) in [4.78, 5) is 18.3. The molecule has 1 atom stereocenters. The Hall–Kier alpha value is -2.15. The molecule has 0 spiro atoms. The summed E-state index contributed by atoms with van der Waals surface area (Å²) in [6.45, 7) is 4.69. The van der Waals surface area contributed by atoms with Crippen LogP contribution in [0.4, 0.5) is 5.69 Å². The Labute approximate surface area is 123 Å². The van der Waals surface area contributed by atoms with Crippen molar-refractivity contribution in [3.05, 3.63) is 23.7 Å². The predicted molar refractivity (Wildman–Crippen MR) is 80.3 cm³/mol. The number of nitrogens with two attached hydrogens (primary N) is 1. The van der Waals surface area contributed by atoms with E-state index >= 15 is 0 Å². The maximum atomic E-state index is 11.7. The smallest absolute Gasteiger partial charge is 0.290 e. The van der Waals surface area contributed by atoms with Gasteiger partial charge in [-0.05, 0) is 18.4 Å². The summed E-state index contributed by atoms with van der Waals surface area (Å²) < 4.78 is 1.66. The van der Waals surface area contributed by atoms with Crippen LogP contribution in [0, 0.1) is 5.92 Å². The number of aromatic nitrogens is 3. The first-order valence-corrected chi connectivity index (χ1v) is 7.18. The summed E-state index contributed by atoms with van der Waals surface area (Å²) in [5.41, 5.74) is 8.46. The number of nitrogens with one attached hydrogen (secondary N) is 1. The number of pyridine rings is 1. The van der Waals surface area contributed by atoms with E-state index in [0.29, 0.717) is 18.1 Å². The molecule has 0 saturated carbocycles. The van der Waals surface area contributed by atoms with Crippen molar-refractivity contribution in [2.24, 2.45) is 11.7 Å². The summed E-state index contributed by atoms with van der Waals surface area (Å²) in [6.07, 6.45) is 3.11. The molecule has 0 radical (unpaired) electrons. The molecule has 7 heteroatoms. The second-order valence-electron chi connectivity index (χ2n) is 5.55. The molecule has 21 heavy (non-hydrogen) atoms. The van der Waals surface area contributed by atoms with Crippen LogP contribution in [0.15, 0.2) is 12.3 Å². The third-order valence-corrected chi connectivity index (χ3v) is 3.93. The van der Waals surface area contributed by atoms with E-state index in [0.717, 1.165) is 24.3 Å². The number of nitrogens with zero attached hydrogens (tertiary/aromatic N) is 4. The zero-order valence-corrected chi connectivity index (χ0v) is 12.3. The van der Waals surface area contributed by atoms with Crippen molar-refractivity contribution in [2.75, 3.05) is 25.0 Å². The Morgan fingerprint density at radius 3 is 3.00 bits per heavy atom. The van der Waals surface area contributed by atoms with Gasteiger partial charge in [0.15, 0.2) is 5.65 Å². The topological polar surface area (TPSA) is 88.5 Å². The molecule has 0 aliphatic carbocycles. The number of carbonyl (C=O) groups excluding carboxylic acids is 1. The summed E-state index contributed by atoms with van der Waals surface area (Å²) >= 11 is 0. The second-order valence-corrected chi connectivity index (χ2v) is 5.55. The molecular formula is C14H20N6O. The molecule has 112 valence electrons. The van der Waals surface area contributed by atoms with Crippen LogP contribution in [0.25, 0.3) is 5.65 Å². The van der Waals surface area contributed by atoms with Crippen LogP contribution in [-0.4, -0.2) is 40.6 Å². The van der Waals surface area contributed by atoms with Crippen molar-refractivity contribution in [1.29, 1.82) is 0 Å². The molecule has 3 N–H and O–H groups in total. The fraction of sp³-hybridized carbons (Fsp3) is 0.500. The zero-order valence-electron chi connectivity index (χ0n) is 12.3. The molecule has 1 aliphatic heterocycles. The third-order valence-electron chi connectivity index (χ3n) is 3.93. The lowest BCUT2D eigenvalue weighted by molar-refractivity contribution is 0.0953. The van der Waals surface area contributed by atoms with Gasteiger partial charge in [0.1, 0.15) is 0 Å². The van der Waals surface area contributed by atoms with E-state index < -0.39 is 0 Å². The normalized spacial score (nSPS) is 18.4. The van der Waals surface area contributed by atoms with Gasteiger partial charge in [0.05, 0.1) is 11.9 Å². The van der Waals surface area contributed by atoms with Gasteiger partial charge >= 0.3 is 0 Å².